The molecule has 0 atom stereocenters. The van der Waals surface area contributed by atoms with E-state index in [-0.39, 0.29) is 0 Å². The molecule has 0 amide bonds. The second-order valence-corrected chi connectivity index (χ2v) is 2.76. The predicted octanol–water partition coefficient (Wildman–Crippen LogP) is 0.896. The summed E-state index contributed by atoms with van der Waals surface area (Å²) in [5.74, 6) is 0.845. The number of quaternary nitrogens is 1. The molecule has 3 nitrogen and oxygen atoms in total. The maximum Gasteiger partial charge on any atom is 0.168 e. The van der Waals surface area contributed by atoms with Crippen molar-refractivity contribution in [1.82, 2.24) is 0 Å². The zero-order valence-corrected chi connectivity index (χ0v) is 7.59. The zero-order valence-electron chi connectivity index (χ0n) is 7.59. The lowest BCUT2D eigenvalue weighted by Crippen LogP contribution is -2.74. The summed E-state index contributed by atoms with van der Waals surface area (Å²) in [5, 5.41) is 8.85. The Morgan fingerprint density at radius 2 is 2.00 bits per heavy atom. The molecule has 0 radical (unpaired) electrons. The van der Waals surface area contributed by atoms with Crippen molar-refractivity contribution < 1.29 is 15.4 Å². The molecule has 0 saturated carbocycles. The molecule has 0 heterocycles. The van der Waals surface area contributed by atoms with E-state index in [1.54, 1.807) is 7.11 Å². The number of methoxy groups -OCH3 is 1. The average molecular weight is 168 g/mol. The summed E-state index contributed by atoms with van der Waals surface area (Å²) < 4.78 is 5.19. The number of nitrogens with two attached hydrogens (primary N) is 1. The fourth-order valence-corrected chi connectivity index (χ4v) is 1.30. The second-order valence-electron chi connectivity index (χ2n) is 2.76. The maximum absolute atomic E-state index is 8.85. The van der Waals surface area contributed by atoms with Gasteiger partial charge in [-0.25, -0.2) is 5.21 Å². The Kier molecular flexibility index (Phi) is 2.68. The van der Waals surface area contributed by atoms with Gasteiger partial charge in [-0.15, -0.1) is 0 Å². The molecule has 3 N–H and O–H groups in total. The molecule has 0 aliphatic heterocycles. The average Bonchev–Trinajstić information content (AvgIpc) is 2.06. The fraction of sp³-hybridized carbons (Fsp3) is 0.333. The quantitative estimate of drug-likeness (QED) is 0.509. The molecule has 0 aliphatic carbocycles. The van der Waals surface area contributed by atoms with Gasteiger partial charge in [0.25, 0.3) is 0 Å². The highest BCUT2D eigenvalue weighted by molar-refractivity contribution is 5.51. The summed E-state index contributed by atoms with van der Waals surface area (Å²) in [7, 11) is 1.64. The summed E-state index contributed by atoms with van der Waals surface area (Å²) in [4.78, 5) is 0. The van der Waals surface area contributed by atoms with Gasteiger partial charge in [0.2, 0.25) is 0 Å². The predicted molar refractivity (Wildman–Crippen MR) is 45.8 cm³/mol. The molecule has 0 fully saturated rings. The van der Waals surface area contributed by atoms with E-state index in [1.807, 2.05) is 26.0 Å². The van der Waals surface area contributed by atoms with Gasteiger partial charge in [0.05, 0.1) is 12.7 Å². The summed E-state index contributed by atoms with van der Waals surface area (Å²) in [6.45, 7) is 3.90. The van der Waals surface area contributed by atoms with Crippen LogP contribution in [0.15, 0.2) is 12.1 Å². The highest BCUT2D eigenvalue weighted by Crippen LogP contribution is 2.26. The van der Waals surface area contributed by atoms with Crippen LogP contribution in [-0.4, -0.2) is 12.3 Å². The van der Waals surface area contributed by atoms with Crippen molar-refractivity contribution >= 4 is 5.69 Å². The van der Waals surface area contributed by atoms with E-state index >= 15 is 0 Å². The van der Waals surface area contributed by atoms with Crippen molar-refractivity contribution in [2.75, 3.05) is 7.11 Å². The lowest BCUT2D eigenvalue weighted by atomic mass is 10.1. The van der Waals surface area contributed by atoms with E-state index in [0.29, 0.717) is 0 Å². The van der Waals surface area contributed by atoms with Crippen LogP contribution in [0.4, 0.5) is 5.69 Å². The van der Waals surface area contributed by atoms with Gasteiger partial charge in [-0.2, -0.15) is 5.48 Å². The van der Waals surface area contributed by atoms with E-state index in [9.17, 15) is 0 Å². The molecule has 3 heteroatoms. The summed E-state index contributed by atoms with van der Waals surface area (Å²) in [6.07, 6.45) is 0. The lowest BCUT2D eigenvalue weighted by Gasteiger charge is -2.08. The molecule has 12 heavy (non-hydrogen) atoms. The number of aryl methyl sites for hydroxylation is 1. The van der Waals surface area contributed by atoms with Crippen molar-refractivity contribution in [1.29, 1.82) is 0 Å². The van der Waals surface area contributed by atoms with Gasteiger partial charge >= 0.3 is 0 Å². The van der Waals surface area contributed by atoms with Crippen LogP contribution < -0.4 is 10.2 Å². The van der Waals surface area contributed by atoms with Gasteiger partial charge < -0.3 is 4.74 Å². The molecule has 1 aromatic rings. The smallest absolute Gasteiger partial charge is 0.168 e. The van der Waals surface area contributed by atoms with Crippen LogP contribution >= 0.6 is 0 Å². The molecular formula is C9H14NO2+. The zero-order chi connectivity index (χ0) is 9.14. The third kappa shape index (κ3) is 1.42. The van der Waals surface area contributed by atoms with E-state index in [2.05, 4.69) is 0 Å². The number of rotatable bonds is 2. The number of hydrogen-bond acceptors (Lipinski definition) is 2. The molecule has 1 aromatic carbocycles. The normalized spacial score (nSPS) is 10.0. The Hall–Kier alpha value is -1.06. The Morgan fingerprint density at radius 3 is 2.50 bits per heavy atom. The molecule has 0 unspecified atom stereocenters. The highest BCUT2D eigenvalue weighted by Gasteiger charge is 2.09. The van der Waals surface area contributed by atoms with Gasteiger partial charge in [0.15, 0.2) is 5.69 Å². The first-order valence-electron chi connectivity index (χ1n) is 3.82. The van der Waals surface area contributed by atoms with Gasteiger partial charge in [-0.1, -0.05) is 0 Å². The van der Waals surface area contributed by atoms with Crippen molar-refractivity contribution in [3.63, 3.8) is 0 Å². The Labute approximate surface area is 71.9 Å². The maximum atomic E-state index is 8.85. The minimum Gasteiger partial charge on any atom is -0.496 e. The van der Waals surface area contributed by atoms with E-state index in [4.69, 9.17) is 9.94 Å². The first-order chi connectivity index (χ1) is 5.70. The van der Waals surface area contributed by atoms with Crippen LogP contribution in [-0.2, 0) is 0 Å². The Bertz CT molecular complexity index is 284. The fourth-order valence-electron chi connectivity index (χ4n) is 1.30. The van der Waals surface area contributed by atoms with Gasteiger partial charge in [-0.05, 0) is 25.5 Å². The van der Waals surface area contributed by atoms with Crippen LogP contribution in [0.25, 0.3) is 0 Å². The van der Waals surface area contributed by atoms with Crippen LogP contribution in [0.3, 0.4) is 0 Å². The third-order valence-corrected chi connectivity index (χ3v) is 1.99. The van der Waals surface area contributed by atoms with Crippen molar-refractivity contribution in [2.45, 2.75) is 13.8 Å². The largest absolute Gasteiger partial charge is 0.496 e. The lowest BCUT2D eigenvalue weighted by molar-refractivity contribution is -0.826. The van der Waals surface area contributed by atoms with Crippen molar-refractivity contribution in [3.8, 4) is 5.75 Å². The minimum atomic E-state index is 0.803. The number of ether oxygens (including phenoxy) is 1. The summed E-state index contributed by atoms with van der Waals surface area (Å²) in [6, 6.07) is 3.79. The van der Waals surface area contributed by atoms with Crippen LogP contribution in [0.1, 0.15) is 11.1 Å². The Morgan fingerprint density at radius 1 is 1.33 bits per heavy atom. The van der Waals surface area contributed by atoms with Crippen LogP contribution in [0.2, 0.25) is 0 Å². The second kappa shape index (κ2) is 3.56. The molecule has 0 aromatic heterocycles. The van der Waals surface area contributed by atoms with Gasteiger partial charge in [0.1, 0.15) is 5.75 Å². The molecular weight excluding hydrogens is 154 g/mol. The Balaban J connectivity index is 3.24. The number of hydrogen-bond donors (Lipinski definition) is 2. The molecule has 1 rings (SSSR count). The topological polar surface area (TPSA) is 46.1 Å². The molecule has 0 spiro atoms. The SMILES string of the molecule is COc1c(C)ccc([NH2+]O)c1C. The third-order valence-electron chi connectivity index (χ3n) is 1.99. The molecule has 0 aliphatic rings. The first kappa shape index (κ1) is 9.03. The van der Waals surface area contributed by atoms with Crippen molar-refractivity contribution in [2.24, 2.45) is 0 Å². The van der Waals surface area contributed by atoms with Crippen molar-refractivity contribution in [3.05, 3.63) is 23.3 Å². The highest BCUT2D eigenvalue weighted by atomic mass is 16.5. The molecule has 66 valence electrons. The summed E-state index contributed by atoms with van der Waals surface area (Å²) in [5.41, 5.74) is 3.95. The van der Waals surface area contributed by atoms with E-state index in [1.165, 1.54) is 0 Å². The minimum absolute atomic E-state index is 0.803. The first-order valence-corrected chi connectivity index (χ1v) is 3.82. The van der Waals surface area contributed by atoms with E-state index in [0.717, 1.165) is 28.0 Å². The molecule has 0 saturated heterocycles. The number of benzene rings is 1. The van der Waals surface area contributed by atoms with E-state index < -0.39 is 0 Å². The molecule has 0 bridgehead atoms. The van der Waals surface area contributed by atoms with Crippen LogP contribution in [0.5, 0.6) is 5.75 Å². The monoisotopic (exact) mass is 168 g/mol. The van der Waals surface area contributed by atoms with Gasteiger partial charge in [0, 0.05) is 6.07 Å². The summed E-state index contributed by atoms with van der Waals surface area (Å²) >= 11 is 0. The van der Waals surface area contributed by atoms with Crippen LogP contribution in [0, 0.1) is 13.8 Å². The van der Waals surface area contributed by atoms with Gasteiger partial charge in [-0.3, -0.25) is 0 Å². The standard InChI is InChI=1S/C9H13NO2/c1-6-4-5-8(10-11)7(2)9(6)12-3/h4-5,10-11H,1-3H3/p+1.